The van der Waals surface area contributed by atoms with Crippen LogP contribution in [0.3, 0.4) is 0 Å². The van der Waals surface area contributed by atoms with E-state index in [9.17, 15) is 4.79 Å². The third kappa shape index (κ3) is 4.27. The first-order valence-corrected chi connectivity index (χ1v) is 6.90. The Bertz CT molecular complexity index is 570. The lowest BCUT2D eigenvalue weighted by atomic mass is 9.98. The third-order valence-electron chi connectivity index (χ3n) is 3.30. The van der Waals surface area contributed by atoms with Crippen molar-refractivity contribution >= 4 is 11.8 Å². The molecule has 2 aromatic rings. The molecule has 0 amide bonds. The van der Waals surface area contributed by atoms with Crippen molar-refractivity contribution in [3.63, 3.8) is 0 Å². The molecule has 1 atom stereocenters. The van der Waals surface area contributed by atoms with Gasteiger partial charge in [0.1, 0.15) is 5.82 Å². The van der Waals surface area contributed by atoms with Gasteiger partial charge in [0.25, 0.3) is 0 Å². The first-order chi connectivity index (χ1) is 10.2. The van der Waals surface area contributed by atoms with Crippen molar-refractivity contribution < 1.29 is 9.53 Å². The van der Waals surface area contributed by atoms with Crippen molar-refractivity contribution in [3.8, 4) is 0 Å². The molecule has 0 bridgehead atoms. The minimum absolute atomic E-state index is 0.209. The van der Waals surface area contributed by atoms with Gasteiger partial charge >= 0.3 is 5.97 Å². The summed E-state index contributed by atoms with van der Waals surface area (Å²) in [6.45, 7) is 2.99. The normalized spacial score (nSPS) is 11.7. The fraction of sp³-hybridized carbons (Fsp3) is 0.312. The number of ether oxygens (including phenoxy) is 1. The molecular weight excluding hydrogens is 266 g/mol. The van der Waals surface area contributed by atoms with E-state index in [0.29, 0.717) is 11.7 Å². The number of carbonyl (C=O) groups excluding carboxylic acids is 1. The highest BCUT2D eigenvalue weighted by atomic mass is 16.5. The van der Waals surface area contributed by atoms with Gasteiger partial charge in [0.05, 0.1) is 19.5 Å². The number of benzene rings is 1. The van der Waals surface area contributed by atoms with Crippen LogP contribution in [0.1, 0.15) is 35.3 Å². The van der Waals surface area contributed by atoms with E-state index in [1.165, 1.54) is 18.9 Å². The zero-order valence-electron chi connectivity index (χ0n) is 12.2. The monoisotopic (exact) mass is 285 g/mol. The summed E-state index contributed by atoms with van der Waals surface area (Å²) in [6.07, 6.45) is 3.94. The minimum Gasteiger partial charge on any atom is -0.464 e. The maximum absolute atomic E-state index is 11.2. The Morgan fingerprint density at radius 1 is 1.24 bits per heavy atom. The Morgan fingerprint density at radius 3 is 2.62 bits per heavy atom. The van der Waals surface area contributed by atoms with Crippen LogP contribution in [0.4, 0.5) is 5.82 Å². The molecule has 21 heavy (non-hydrogen) atoms. The smallest absolute Gasteiger partial charge is 0.358 e. The molecule has 110 valence electrons. The highest BCUT2D eigenvalue weighted by Gasteiger charge is 2.08. The number of esters is 1. The summed E-state index contributed by atoms with van der Waals surface area (Å²) in [6, 6.07) is 10.4. The van der Waals surface area contributed by atoms with E-state index in [1.54, 1.807) is 6.20 Å². The molecule has 0 saturated heterocycles. The number of aromatic nitrogens is 2. The van der Waals surface area contributed by atoms with Gasteiger partial charge in [0, 0.05) is 6.54 Å². The van der Waals surface area contributed by atoms with Gasteiger partial charge in [-0.3, -0.25) is 0 Å². The van der Waals surface area contributed by atoms with Gasteiger partial charge in [0.15, 0.2) is 5.69 Å². The van der Waals surface area contributed by atoms with E-state index >= 15 is 0 Å². The summed E-state index contributed by atoms with van der Waals surface area (Å²) in [5, 5.41) is 3.20. The Morgan fingerprint density at radius 2 is 2.00 bits per heavy atom. The maximum atomic E-state index is 11.2. The van der Waals surface area contributed by atoms with Gasteiger partial charge in [-0.25, -0.2) is 14.8 Å². The number of methoxy groups -OCH3 is 1. The number of hydrogen-bond donors (Lipinski definition) is 1. The van der Waals surface area contributed by atoms with Crippen LogP contribution < -0.4 is 5.32 Å². The van der Waals surface area contributed by atoms with Crippen LogP contribution in [0.15, 0.2) is 42.7 Å². The molecule has 0 aliphatic heterocycles. The molecule has 0 saturated carbocycles. The molecule has 0 aliphatic carbocycles. The molecule has 0 fully saturated rings. The molecule has 1 aromatic carbocycles. The molecule has 1 heterocycles. The maximum Gasteiger partial charge on any atom is 0.358 e. The minimum atomic E-state index is -0.480. The van der Waals surface area contributed by atoms with Crippen molar-refractivity contribution in [1.82, 2.24) is 9.97 Å². The Balaban J connectivity index is 1.82. The summed E-state index contributed by atoms with van der Waals surface area (Å²) in [5.41, 5.74) is 1.53. The van der Waals surface area contributed by atoms with Crippen molar-refractivity contribution in [2.75, 3.05) is 19.0 Å². The average molecular weight is 285 g/mol. The van der Waals surface area contributed by atoms with Gasteiger partial charge in [0.2, 0.25) is 0 Å². The van der Waals surface area contributed by atoms with Crippen molar-refractivity contribution in [2.24, 2.45) is 0 Å². The van der Waals surface area contributed by atoms with Gasteiger partial charge in [-0.2, -0.15) is 0 Å². The van der Waals surface area contributed by atoms with Gasteiger partial charge in [-0.05, 0) is 17.9 Å². The van der Waals surface area contributed by atoms with Gasteiger partial charge in [-0.1, -0.05) is 37.3 Å². The average Bonchev–Trinajstić information content (AvgIpc) is 2.55. The van der Waals surface area contributed by atoms with Crippen LogP contribution in [0.2, 0.25) is 0 Å². The van der Waals surface area contributed by atoms with Gasteiger partial charge in [-0.15, -0.1) is 0 Å². The first-order valence-electron chi connectivity index (χ1n) is 6.90. The van der Waals surface area contributed by atoms with E-state index in [0.717, 1.165) is 13.0 Å². The molecule has 0 spiro atoms. The number of nitrogens with zero attached hydrogens (tertiary/aromatic N) is 2. The van der Waals surface area contributed by atoms with E-state index in [-0.39, 0.29) is 5.69 Å². The molecule has 1 unspecified atom stereocenters. The lowest BCUT2D eigenvalue weighted by Crippen LogP contribution is -2.09. The van der Waals surface area contributed by atoms with Crippen LogP contribution in [0.5, 0.6) is 0 Å². The zero-order valence-corrected chi connectivity index (χ0v) is 12.2. The largest absolute Gasteiger partial charge is 0.464 e. The van der Waals surface area contributed by atoms with E-state index in [4.69, 9.17) is 0 Å². The predicted molar refractivity (Wildman–Crippen MR) is 81.3 cm³/mol. The van der Waals surface area contributed by atoms with Crippen molar-refractivity contribution in [1.29, 1.82) is 0 Å². The second kappa shape index (κ2) is 7.38. The zero-order chi connectivity index (χ0) is 15.1. The summed E-state index contributed by atoms with van der Waals surface area (Å²) in [7, 11) is 1.32. The molecule has 0 aliphatic rings. The van der Waals surface area contributed by atoms with Crippen LogP contribution >= 0.6 is 0 Å². The molecule has 5 nitrogen and oxygen atoms in total. The molecular formula is C16H19N3O2. The quantitative estimate of drug-likeness (QED) is 0.827. The molecule has 2 rings (SSSR count). The fourth-order valence-electron chi connectivity index (χ4n) is 1.99. The predicted octanol–water partition coefficient (Wildman–Crippen LogP) is 2.87. The molecule has 1 N–H and O–H groups in total. The highest BCUT2D eigenvalue weighted by Crippen LogP contribution is 2.18. The summed E-state index contributed by atoms with van der Waals surface area (Å²) in [4.78, 5) is 19.4. The van der Waals surface area contributed by atoms with Gasteiger partial charge < -0.3 is 10.1 Å². The van der Waals surface area contributed by atoms with Crippen molar-refractivity contribution in [2.45, 2.75) is 19.3 Å². The lowest BCUT2D eigenvalue weighted by molar-refractivity contribution is 0.0593. The Kier molecular flexibility index (Phi) is 5.26. The van der Waals surface area contributed by atoms with E-state index in [2.05, 4.69) is 51.2 Å². The van der Waals surface area contributed by atoms with Crippen LogP contribution in [0.25, 0.3) is 0 Å². The second-order valence-corrected chi connectivity index (χ2v) is 4.81. The fourth-order valence-corrected chi connectivity index (χ4v) is 1.99. The molecule has 1 aromatic heterocycles. The summed E-state index contributed by atoms with van der Waals surface area (Å²) < 4.78 is 4.58. The first kappa shape index (κ1) is 15.0. The summed E-state index contributed by atoms with van der Waals surface area (Å²) in [5.74, 6) is 0.649. The van der Waals surface area contributed by atoms with Crippen LogP contribution in [-0.2, 0) is 4.74 Å². The van der Waals surface area contributed by atoms with Crippen LogP contribution in [0, 0.1) is 0 Å². The Labute approximate surface area is 124 Å². The topological polar surface area (TPSA) is 64.1 Å². The third-order valence-corrected chi connectivity index (χ3v) is 3.30. The lowest BCUT2D eigenvalue weighted by Gasteiger charge is -2.12. The number of carbonyl (C=O) groups is 1. The highest BCUT2D eigenvalue weighted by molar-refractivity contribution is 5.86. The van der Waals surface area contributed by atoms with Crippen LogP contribution in [-0.4, -0.2) is 29.6 Å². The molecule has 0 radical (unpaired) electrons. The number of hydrogen-bond acceptors (Lipinski definition) is 5. The molecule has 5 heteroatoms. The summed E-state index contributed by atoms with van der Waals surface area (Å²) >= 11 is 0. The van der Waals surface area contributed by atoms with Crippen molar-refractivity contribution in [3.05, 3.63) is 54.0 Å². The van der Waals surface area contributed by atoms with E-state index in [1.807, 2.05) is 6.07 Å². The standard InChI is InChI=1S/C16H19N3O2/c1-12(13-6-4-3-5-7-13)8-9-17-15-11-18-14(10-19-15)16(20)21-2/h3-7,10-12H,8-9H2,1-2H3,(H,17,19). The second-order valence-electron chi connectivity index (χ2n) is 4.81. The van der Waals surface area contributed by atoms with E-state index < -0.39 is 5.97 Å². The number of nitrogens with one attached hydrogen (secondary N) is 1. The SMILES string of the molecule is COC(=O)c1cnc(NCCC(C)c2ccccc2)cn1. The Hall–Kier alpha value is -2.43. The number of rotatable bonds is 6. The number of anilines is 1.